The second-order valence-electron chi connectivity index (χ2n) is 11.6. The molecule has 2 aliphatic heterocycles. The Balaban J connectivity index is 1.33. The lowest BCUT2D eigenvalue weighted by Gasteiger charge is -2.36. The van der Waals surface area contributed by atoms with E-state index in [0.29, 0.717) is 34.5 Å². The van der Waals surface area contributed by atoms with Crippen LogP contribution in [0, 0.1) is 11.6 Å². The number of anilines is 3. The number of halogens is 2. The third-order valence-electron chi connectivity index (χ3n) is 8.20. The highest BCUT2D eigenvalue weighted by Crippen LogP contribution is 2.46. The van der Waals surface area contributed by atoms with E-state index in [9.17, 15) is 4.79 Å². The maximum Gasteiger partial charge on any atom is 0.268 e. The van der Waals surface area contributed by atoms with Gasteiger partial charge in [-0.05, 0) is 108 Å². The summed E-state index contributed by atoms with van der Waals surface area (Å²) in [4.78, 5) is 26.1. The van der Waals surface area contributed by atoms with Crippen molar-refractivity contribution in [3.05, 3.63) is 59.3 Å². The van der Waals surface area contributed by atoms with Crippen LogP contribution in [-0.4, -0.2) is 53.1 Å². The molecule has 40 heavy (non-hydrogen) atoms. The van der Waals surface area contributed by atoms with E-state index >= 15 is 8.78 Å². The number of rotatable bonds is 6. The van der Waals surface area contributed by atoms with Gasteiger partial charge in [-0.3, -0.25) is 4.79 Å². The third-order valence-corrected chi connectivity index (χ3v) is 8.20. The van der Waals surface area contributed by atoms with Gasteiger partial charge < -0.3 is 19.9 Å². The second-order valence-corrected chi connectivity index (χ2v) is 11.6. The summed E-state index contributed by atoms with van der Waals surface area (Å²) in [6.45, 7) is 7.34. The van der Waals surface area contributed by atoms with Gasteiger partial charge in [0.25, 0.3) is 5.91 Å². The highest BCUT2D eigenvalue weighted by molar-refractivity contribution is 6.01. The molecular weight excluding hydrogens is 512 g/mol. The molecule has 2 aromatic carbocycles. The first kappa shape index (κ1) is 26.6. The van der Waals surface area contributed by atoms with Gasteiger partial charge in [-0.2, -0.15) is 0 Å². The molecule has 1 saturated carbocycles. The van der Waals surface area contributed by atoms with Crippen molar-refractivity contribution in [2.45, 2.75) is 70.4 Å². The van der Waals surface area contributed by atoms with Crippen molar-refractivity contribution in [2.24, 2.45) is 0 Å². The number of hydrogen-bond donors (Lipinski definition) is 1. The Bertz CT molecular complexity index is 1450. The van der Waals surface area contributed by atoms with Crippen molar-refractivity contribution >= 4 is 23.2 Å². The Morgan fingerprint density at radius 3 is 2.40 bits per heavy atom. The van der Waals surface area contributed by atoms with Gasteiger partial charge in [-0.1, -0.05) is 6.07 Å². The minimum Gasteiger partial charge on any atom is -0.476 e. The number of nitrogens with zero attached hydrogens (tertiary/aromatic N) is 4. The van der Waals surface area contributed by atoms with Crippen LogP contribution in [-0.2, 0) is 4.79 Å². The minimum absolute atomic E-state index is 0.0742. The highest BCUT2D eigenvalue weighted by atomic mass is 19.1. The number of carbonyl (C=O) groups excluding carboxylic acids is 1. The van der Waals surface area contributed by atoms with Gasteiger partial charge in [-0.25, -0.2) is 18.7 Å². The first-order valence-electron chi connectivity index (χ1n) is 14.1. The molecule has 1 N–H and O–H groups in total. The van der Waals surface area contributed by atoms with Crippen LogP contribution in [0.3, 0.4) is 0 Å². The monoisotopic (exact) mass is 547 g/mol. The molecule has 1 aromatic heterocycles. The molecule has 0 radical (unpaired) electrons. The topological polar surface area (TPSA) is 70.6 Å². The molecule has 1 unspecified atom stereocenters. The van der Waals surface area contributed by atoms with Crippen molar-refractivity contribution in [1.29, 1.82) is 0 Å². The Labute approximate surface area is 233 Å². The molecule has 1 atom stereocenters. The van der Waals surface area contributed by atoms with Gasteiger partial charge in [0.1, 0.15) is 5.82 Å². The number of ether oxygens (including phenoxy) is 1. The Kier molecular flexibility index (Phi) is 6.94. The number of hydrogen-bond acceptors (Lipinski definition) is 6. The summed E-state index contributed by atoms with van der Waals surface area (Å²) >= 11 is 0. The molecule has 0 bridgehead atoms. The lowest BCUT2D eigenvalue weighted by molar-refractivity contribution is -0.126. The predicted molar refractivity (Wildman–Crippen MR) is 151 cm³/mol. The maximum atomic E-state index is 15.4. The van der Waals surface area contributed by atoms with E-state index < -0.39 is 11.9 Å². The number of fused-ring (bicyclic) bond motifs is 1. The number of carbonyl (C=O) groups is 1. The van der Waals surface area contributed by atoms with Gasteiger partial charge in [0, 0.05) is 29.1 Å². The van der Waals surface area contributed by atoms with E-state index in [1.54, 1.807) is 24.1 Å². The maximum absolute atomic E-state index is 15.4. The van der Waals surface area contributed by atoms with Crippen molar-refractivity contribution in [3.63, 3.8) is 0 Å². The number of likely N-dealkylation sites (tertiary alicyclic amines) is 1. The van der Waals surface area contributed by atoms with E-state index in [1.807, 2.05) is 26.0 Å². The van der Waals surface area contributed by atoms with Gasteiger partial charge in [0.05, 0.1) is 11.4 Å². The Morgan fingerprint density at radius 1 is 1.00 bits per heavy atom. The smallest absolute Gasteiger partial charge is 0.268 e. The molecule has 1 amide bonds. The standard InChI is InChI=1S/C31H35F2N5O2/c1-17(2)38-27-14-21(13-26(33)29(27)40-18(3)30(38)39)28-24(19-5-6-19)16-34-31(36-28)35-22-7-8-23(25(32)15-22)20-9-11-37(4)12-10-20/h7-8,13-20H,5-6,9-12H2,1-4H3,(H,34,35,36). The SMILES string of the molecule is CC1Oc2c(F)cc(-c3nc(Nc4ccc(C5CCN(C)CC5)c(F)c4)ncc3C3CC3)cc2N(C(C)C)C1=O. The fourth-order valence-electron chi connectivity index (χ4n) is 5.85. The zero-order valence-corrected chi connectivity index (χ0v) is 23.4. The Morgan fingerprint density at radius 2 is 1.73 bits per heavy atom. The summed E-state index contributed by atoms with van der Waals surface area (Å²) in [5, 5.41) is 3.14. The molecule has 0 spiro atoms. The first-order valence-corrected chi connectivity index (χ1v) is 14.1. The van der Waals surface area contributed by atoms with Crippen LogP contribution in [0.15, 0.2) is 36.5 Å². The average molecular weight is 548 g/mol. The molecule has 1 aliphatic carbocycles. The third kappa shape index (κ3) is 5.03. The number of nitrogens with one attached hydrogen (secondary N) is 1. The normalized spacial score (nSPS) is 20.0. The minimum atomic E-state index is -0.765. The summed E-state index contributed by atoms with van der Waals surface area (Å²) in [6.07, 6.45) is 4.91. The van der Waals surface area contributed by atoms with Crippen LogP contribution >= 0.6 is 0 Å². The predicted octanol–water partition coefficient (Wildman–Crippen LogP) is 6.37. The van der Waals surface area contributed by atoms with Crippen LogP contribution in [0.2, 0.25) is 0 Å². The summed E-state index contributed by atoms with van der Waals surface area (Å²) in [5.41, 5.74) is 3.77. The van der Waals surface area contributed by atoms with Crippen LogP contribution in [0.1, 0.15) is 69.4 Å². The van der Waals surface area contributed by atoms with Crippen LogP contribution in [0.4, 0.5) is 26.1 Å². The summed E-state index contributed by atoms with van der Waals surface area (Å²) in [5.74, 6) is -0.103. The molecule has 210 valence electrons. The molecule has 6 rings (SSSR count). The van der Waals surface area contributed by atoms with Crippen LogP contribution < -0.4 is 15.0 Å². The average Bonchev–Trinajstić information content (AvgIpc) is 3.76. The molecule has 3 aliphatic rings. The fourth-order valence-corrected chi connectivity index (χ4v) is 5.85. The van der Waals surface area contributed by atoms with Crippen molar-refractivity contribution in [3.8, 4) is 17.0 Å². The number of piperidine rings is 1. The first-order chi connectivity index (χ1) is 19.2. The van der Waals surface area contributed by atoms with Gasteiger partial charge >= 0.3 is 0 Å². The summed E-state index contributed by atoms with van der Waals surface area (Å²) in [6, 6.07) is 8.21. The van der Waals surface area contributed by atoms with Crippen LogP contribution in [0.5, 0.6) is 5.75 Å². The molecule has 7 nitrogen and oxygen atoms in total. The fraction of sp³-hybridized carbons (Fsp3) is 0.452. The van der Waals surface area contributed by atoms with E-state index in [0.717, 1.165) is 49.9 Å². The lowest BCUT2D eigenvalue weighted by Crippen LogP contribution is -2.48. The lowest BCUT2D eigenvalue weighted by atomic mass is 9.89. The number of amides is 1. The summed E-state index contributed by atoms with van der Waals surface area (Å²) < 4.78 is 36.2. The van der Waals surface area contributed by atoms with E-state index in [-0.39, 0.29) is 29.4 Å². The van der Waals surface area contributed by atoms with Crippen LogP contribution in [0.25, 0.3) is 11.3 Å². The van der Waals surface area contributed by atoms with Gasteiger partial charge in [0.15, 0.2) is 17.7 Å². The highest BCUT2D eigenvalue weighted by Gasteiger charge is 2.36. The molecule has 3 aromatic rings. The van der Waals surface area contributed by atoms with E-state index in [4.69, 9.17) is 9.72 Å². The van der Waals surface area contributed by atoms with Crippen molar-refractivity contribution in [2.75, 3.05) is 30.4 Å². The van der Waals surface area contributed by atoms with Gasteiger partial charge in [-0.15, -0.1) is 0 Å². The molecule has 2 fully saturated rings. The van der Waals surface area contributed by atoms with Crippen molar-refractivity contribution < 1.29 is 18.3 Å². The molecule has 1 saturated heterocycles. The Hall–Kier alpha value is -3.59. The summed E-state index contributed by atoms with van der Waals surface area (Å²) in [7, 11) is 2.09. The zero-order valence-electron chi connectivity index (χ0n) is 23.4. The van der Waals surface area contributed by atoms with Crippen molar-refractivity contribution in [1.82, 2.24) is 14.9 Å². The molecule has 3 heterocycles. The molecule has 9 heteroatoms. The second kappa shape index (κ2) is 10.4. The largest absolute Gasteiger partial charge is 0.476 e. The van der Waals surface area contributed by atoms with E-state index in [2.05, 4.69) is 22.2 Å². The number of benzene rings is 2. The zero-order chi connectivity index (χ0) is 28.1. The van der Waals surface area contributed by atoms with E-state index in [1.165, 1.54) is 12.1 Å². The number of aromatic nitrogens is 2. The van der Waals surface area contributed by atoms with Gasteiger partial charge in [0.2, 0.25) is 5.95 Å². The quantitative estimate of drug-likeness (QED) is 0.387. The molecular formula is C31H35F2N5O2.